The molecule has 2 heterocycles. The monoisotopic (exact) mass is 494 g/mol. The summed E-state index contributed by atoms with van der Waals surface area (Å²) in [6, 6.07) is 0. The van der Waals surface area contributed by atoms with Crippen LogP contribution in [0.1, 0.15) is 58.8 Å². The summed E-state index contributed by atoms with van der Waals surface area (Å²) in [7, 11) is 0. The third-order valence-electron chi connectivity index (χ3n) is 10.8. The highest BCUT2D eigenvalue weighted by Crippen LogP contribution is 2.55. The Labute approximate surface area is 213 Å². The molecule has 2 saturated heterocycles. The summed E-state index contributed by atoms with van der Waals surface area (Å²) in [5, 5.41) is 10.8. The largest absolute Gasteiger partial charge is 0.461 e. The number of aliphatic hydroxyl groups is 1. The van der Waals surface area contributed by atoms with Crippen LogP contribution >= 0.6 is 0 Å². The van der Waals surface area contributed by atoms with Crippen molar-refractivity contribution in [3.8, 4) is 0 Å². The molecule has 4 saturated carbocycles. The molecule has 2 aliphatic heterocycles. The lowest BCUT2D eigenvalue weighted by molar-refractivity contribution is -0.147. The van der Waals surface area contributed by atoms with Gasteiger partial charge in [0.1, 0.15) is 18.0 Å². The fourth-order valence-electron chi connectivity index (χ4n) is 8.69. The first-order valence-corrected chi connectivity index (χ1v) is 13.8. The molecule has 0 radical (unpaired) electrons. The number of Topliss-reactive ketones (excluding diaryl/α,β-unsaturated/α-hetero) is 1. The molecule has 0 aromatic heterocycles. The molecule has 6 heteroatoms. The summed E-state index contributed by atoms with van der Waals surface area (Å²) < 4.78 is 11.8. The molecule has 6 aliphatic rings. The Morgan fingerprint density at radius 3 is 2.39 bits per heavy atom. The molecule has 6 nitrogen and oxygen atoms in total. The van der Waals surface area contributed by atoms with Crippen molar-refractivity contribution in [2.75, 3.05) is 0 Å². The van der Waals surface area contributed by atoms with Crippen molar-refractivity contribution in [1.29, 1.82) is 0 Å². The fourth-order valence-corrected chi connectivity index (χ4v) is 8.69. The second kappa shape index (κ2) is 8.68. The zero-order chi connectivity index (χ0) is 25.5. The fraction of sp³-hybridized carbons (Fsp3) is 0.700. The van der Waals surface area contributed by atoms with Crippen LogP contribution in [0.2, 0.25) is 0 Å². The predicted molar refractivity (Wildman–Crippen MR) is 132 cm³/mol. The zero-order valence-electron chi connectivity index (χ0n) is 21.4. The van der Waals surface area contributed by atoms with Gasteiger partial charge in [0.2, 0.25) is 0 Å². The maximum atomic E-state index is 13.3. The number of allylic oxidation sites excluding steroid dienone is 2. The molecule has 0 aromatic rings. The Balaban J connectivity index is 1.30. The van der Waals surface area contributed by atoms with Crippen molar-refractivity contribution < 1.29 is 29.0 Å². The van der Waals surface area contributed by atoms with Crippen molar-refractivity contribution in [3.63, 3.8) is 0 Å². The van der Waals surface area contributed by atoms with Crippen LogP contribution in [0.5, 0.6) is 0 Å². The molecule has 0 spiro atoms. The first kappa shape index (κ1) is 24.1. The molecular weight excluding hydrogens is 456 g/mol. The van der Waals surface area contributed by atoms with E-state index in [1.165, 1.54) is 5.57 Å². The van der Waals surface area contributed by atoms with E-state index in [0.717, 1.165) is 36.8 Å². The third kappa shape index (κ3) is 3.50. The van der Waals surface area contributed by atoms with E-state index in [4.69, 9.17) is 9.47 Å². The molecule has 12 atom stereocenters. The number of fused-ring (bicyclic) bond motifs is 6. The topological polar surface area (TPSA) is 89.9 Å². The summed E-state index contributed by atoms with van der Waals surface area (Å²) in [5.74, 6) is -0.329. The smallest absolute Gasteiger partial charge is 0.309 e. The zero-order valence-corrected chi connectivity index (χ0v) is 21.4. The maximum Gasteiger partial charge on any atom is 0.309 e. The number of carbonyl (C=O) groups excluding carboxylic acids is 3. The van der Waals surface area contributed by atoms with Crippen molar-refractivity contribution in [3.05, 3.63) is 36.0 Å². The van der Waals surface area contributed by atoms with Gasteiger partial charge in [-0.2, -0.15) is 0 Å². The second-order valence-electron chi connectivity index (χ2n) is 12.4. The van der Waals surface area contributed by atoms with Crippen LogP contribution in [0.4, 0.5) is 0 Å². The molecule has 0 aromatic carbocycles. The van der Waals surface area contributed by atoms with E-state index < -0.39 is 6.10 Å². The average molecular weight is 495 g/mol. The van der Waals surface area contributed by atoms with Crippen LogP contribution < -0.4 is 0 Å². The molecule has 194 valence electrons. The average Bonchev–Trinajstić information content (AvgIpc) is 3.52. The van der Waals surface area contributed by atoms with Gasteiger partial charge in [-0.1, -0.05) is 44.2 Å². The van der Waals surface area contributed by atoms with E-state index in [-0.39, 0.29) is 83.2 Å². The number of carbonyl (C=O) groups is 3. The lowest BCUT2D eigenvalue weighted by Gasteiger charge is -2.30. The van der Waals surface area contributed by atoms with Gasteiger partial charge < -0.3 is 14.6 Å². The van der Waals surface area contributed by atoms with Crippen LogP contribution in [0, 0.1) is 53.3 Å². The molecule has 0 amide bonds. The number of esters is 2. The summed E-state index contributed by atoms with van der Waals surface area (Å²) in [6.45, 7) is 12.4. The Kier molecular flexibility index (Phi) is 5.82. The Bertz CT molecular complexity index is 1060. The lowest BCUT2D eigenvalue weighted by Crippen LogP contribution is -2.34. The summed E-state index contributed by atoms with van der Waals surface area (Å²) in [4.78, 5) is 38.3. The van der Waals surface area contributed by atoms with E-state index >= 15 is 0 Å². The van der Waals surface area contributed by atoms with Crippen LogP contribution in [-0.4, -0.2) is 41.1 Å². The Morgan fingerprint density at radius 1 is 0.944 bits per heavy atom. The first-order chi connectivity index (χ1) is 17.2. The standard InChI is InChI=1S/C30H38O6/c1-13-5-8-19-15(3)29(33)35-27(19)26-20(24(32)11-21(13)26)10-7-17-6-9-18-14(2)23(31)12-22-16(4)30(34)36-28(22)25(17)18/h7,15-16,18-23,25-28,31H,1-2,5-6,8-12H2,3-4H3/t15-,16+,18+,19-,20+,21-,22+,23-,25+,26-,27?,28+/m1/s1. The van der Waals surface area contributed by atoms with E-state index in [1.807, 2.05) is 13.8 Å². The minimum absolute atomic E-state index is 0.0107. The highest BCUT2D eigenvalue weighted by molar-refractivity contribution is 5.85. The van der Waals surface area contributed by atoms with Gasteiger partial charge in [-0.05, 0) is 55.9 Å². The van der Waals surface area contributed by atoms with Crippen molar-refractivity contribution in [1.82, 2.24) is 0 Å². The van der Waals surface area contributed by atoms with Gasteiger partial charge in [0.15, 0.2) is 0 Å². The number of rotatable bonds is 2. The van der Waals surface area contributed by atoms with E-state index in [9.17, 15) is 19.5 Å². The van der Waals surface area contributed by atoms with E-state index in [1.54, 1.807) is 0 Å². The third-order valence-corrected chi connectivity index (χ3v) is 10.8. The van der Waals surface area contributed by atoms with E-state index in [2.05, 4.69) is 19.2 Å². The molecule has 4 aliphatic carbocycles. The number of aliphatic hydroxyl groups excluding tert-OH is 1. The van der Waals surface area contributed by atoms with Gasteiger partial charge in [-0.3, -0.25) is 14.4 Å². The summed E-state index contributed by atoms with van der Waals surface area (Å²) in [5.41, 5.74) is 3.21. The van der Waals surface area contributed by atoms with Crippen LogP contribution in [-0.2, 0) is 23.9 Å². The highest BCUT2D eigenvalue weighted by Gasteiger charge is 2.57. The summed E-state index contributed by atoms with van der Waals surface area (Å²) >= 11 is 0. The van der Waals surface area contributed by atoms with Gasteiger partial charge in [-0.15, -0.1) is 0 Å². The minimum atomic E-state index is -0.617. The van der Waals surface area contributed by atoms with Gasteiger partial charge in [0, 0.05) is 36.0 Å². The van der Waals surface area contributed by atoms with Crippen LogP contribution in [0.25, 0.3) is 0 Å². The number of ketones is 1. The quantitative estimate of drug-likeness (QED) is 0.458. The molecule has 1 unspecified atom stereocenters. The minimum Gasteiger partial charge on any atom is -0.461 e. The molecule has 1 N–H and O–H groups in total. The van der Waals surface area contributed by atoms with Crippen molar-refractivity contribution in [2.45, 2.75) is 77.1 Å². The first-order valence-electron chi connectivity index (χ1n) is 13.8. The number of hydrogen-bond donors (Lipinski definition) is 1. The molecular formula is C30H38O6. The van der Waals surface area contributed by atoms with Crippen LogP contribution in [0.3, 0.4) is 0 Å². The molecule has 6 rings (SSSR count). The Hall–Kier alpha value is -2.21. The number of ether oxygens (including phenoxy) is 2. The van der Waals surface area contributed by atoms with Gasteiger partial charge in [0.25, 0.3) is 0 Å². The van der Waals surface area contributed by atoms with Gasteiger partial charge >= 0.3 is 11.9 Å². The highest BCUT2D eigenvalue weighted by atomic mass is 16.6. The van der Waals surface area contributed by atoms with Crippen molar-refractivity contribution >= 4 is 17.7 Å². The second-order valence-corrected chi connectivity index (χ2v) is 12.4. The normalized spacial score (nSPS) is 49.2. The maximum absolute atomic E-state index is 13.3. The van der Waals surface area contributed by atoms with E-state index in [0.29, 0.717) is 19.3 Å². The molecule has 6 fully saturated rings. The van der Waals surface area contributed by atoms with Crippen molar-refractivity contribution in [2.24, 2.45) is 53.3 Å². The van der Waals surface area contributed by atoms with Gasteiger partial charge in [0.05, 0.1) is 17.9 Å². The molecule has 0 bridgehead atoms. The summed E-state index contributed by atoms with van der Waals surface area (Å²) in [6.07, 6.45) is 6.24. The Morgan fingerprint density at radius 2 is 1.64 bits per heavy atom. The van der Waals surface area contributed by atoms with Crippen LogP contribution in [0.15, 0.2) is 36.0 Å². The SMILES string of the molecule is C=C1CC[C@H]2C(OC(=O)[C@@H]2C)[C@H]2[C@@H]1CC(=O)[C@@H]2CC=C1CC[C@H]2C(=C)[C@H](O)C[C@@H]3[C@H](OC(=O)[C@H]3C)[C@@H]12. The number of hydrogen-bond acceptors (Lipinski definition) is 6. The predicted octanol–water partition coefficient (Wildman–Crippen LogP) is 4.18. The van der Waals surface area contributed by atoms with Gasteiger partial charge in [-0.25, -0.2) is 0 Å². The lowest BCUT2D eigenvalue weighted by atomic mass is 9.76. The molecule has 36 heavy (non-hydrogen) atoms.